The molecule has 0 bridgehead atoms. The van der Waals surface area contributed by atoms with Crippen LogP contribution < -0.4 is 9.47 Å². The zero-order valence-corrected chi connectivity index (χ0v) is 13.3. The van der Waals surface area contributed by atoms with Crippen molar-refractivity contribution in [1.29, 1.82) is 0 Å². The summed E-state index contributed by atoms with van der Waals surface area (Å²) in [7, 11) is 0. The number of benzene rings is 1. The first-order valence-electron chi connectivity index (χ1n) is 7.91. The largest absolute Gasteiger partial charge is 0.485 e. The maximum Gasteiger partial charge on any atom is 0.260 e. The van der Waals surface area contributed by atoms with Crippen molar-refractivity contribution in [2.75, 3.05) is 32.9 Å². The molecule has 0 N–H and O–H groups in total. The normalized spacial score (nSPS) is 17.8. The molecule has 2 heterocycles. The molecule has 1 fully saturated rings. The van der Waals surface area contributed by atoms with Crippen LogP contribution in [0.5, 0.6) is 11.5 Å². The predicted molar refractivity (Wildman–Crippen MR) is 88.0 cm³/mol. The van der Waals surface area contributed by atoms with Crippen LogP contribution in [0, 0.1) is 0 Å². The summed E-state index contributed by atoms with van der Waals surface area (Å²) in [5.74, 6) is 1.27. The molecule has 1 aromatic carbocycles. The number of amides is 1. The minimum atomic E-state index is -0.225. The maximum absolute atomic E-state index is 12.4. The van der Waals surface area contributed by atoms with E-state index < -0.39 is 0 Å². The number of nitrogens with zero attached hydrogens (tertiary/aromatic N) is 2. The van der Waals surface area contributed by atoms with E-state index in [-0.39, 0.29) is 18.6 Å². The van der Waals surface area contributed by atoms with E-state index in [0.29, 0.717) is 37.8 Å². The van der Waals surface area contributed by atoms with Gasteiger partial charge >= 0.3 is 0 Å². The van der Waals surface area contributed by atoms with Gasteiger partial charge in [0.05, 0.1) is 26.0 Å². The lowest BCUT2D eigenvalue weighted by atomic mass is 10.3. The first kappa shape index (κ1) is 16.3. The van der Waals surface area contributed by atoms with Crippen molar-refractivity contribution in [1.82, 2.24) is 9.88 Å². The first-order chi connectivity index (χ1) is 11.8. The fourth-order valence-electron chi connectivity index (χ4n) is 2.44. The van der Waals surface area contributed by atoms with Gasteiger partial charge in [-0.1, -0.05) is 18.2 Å². The Morgan fingerprint density at radius 1 is 1.21 bits per heavy atom. The van der Waals surface area contributed by atoms with Crippen LogP contribution in [-0.4, -0.2) is 54.8 Å². The third-order valence-electron chi connectivity index (χ3n) is 3.63. The zero-order chi connectivity index (χ0) is 16.6. The Kier molecular flexibility index (Phi) is 5.63. The summed E-state index contributed by atoms with van der Waals surface area (Å²) in [6.07, 6.45) is 3.11. The molecule has 3 rings (SSSR count). The Balaban J connectivity index is 1.54. The van der Waals surface area contributed by atoms with Crippen LogP contribution in [0.1, 0.15) is 0 Å². The molecule has 1 aliphatic heterocycles. The monoisotopic (exact) mass is 328 g/mol. The van der Waals surface area contributed by atoms with Crippen LogP contribution in [0.2, 0.25) is 0 Å². The van der Waals surface area contributed by atoms with Gasteiger partial charge in [0.2, 0.25) is 0 Å². The molecule has 1 amide bonds. The van der Waals surface area contributed by atoms with E-state index in [9.17, 15) is 4.79 Å². The molecule has 6 nitrogen and oxygen atoms in total. The van der Waals surface area contributed by atoms with Crippen molar-refractivity contribution < 1.29 is 19.0 Å². The summed E-state index contributed by atoms with van der Waals surface area (Å²) in [6.45, 7) is 1.93. The average Bonchev–Trinajstić information content (AvgIpc) is 2.87. The molecule has 1 aliphatic rings. The summed E-state index contributed by atoms with van der Waals surface area (Å²) < 4.78 is 16.9. The maximum atomic E-state index is 12.4. The summed E-state index contributed by atoms with van der Waals surface area (Å²) in [4.78, 5) is 18.1. The molecule has 1 saturated heterocycles. The Hall–Kier alpha value is -2.60. The van der Waals surface area contributed by atoms with E-state index >= 15 is 0 Å². The molecular weight excluding hydrogens is 308 g/mol. The fraction of sp³-hybridized carbons (Fsp3) is 0.333. The molecule has 2 aromatic rings. The van der Waals surface area contributed by atoms with Crippen LogP contribution in [0.15, 0.2) is 54.9 Å². The van der Waals surface area contributed by atoms with E-state index in [1.165, 1.54) is 0 Å². The Bertz CT molecular complexity index is 636. The lowest BCUT2D eigenvalue weighted by Gasteiger charge is -2.24. The van der Waals surface area contributed by atoms with E-state index in [1.807, 2.05) is 42.5 Å². The molecule has 0 radical (unpaired) electrons. The van der Waals surface area contributed by atoms with E-state index in [2.05, 4.69) is 4.98 Å². The highest BCUT2D eigenvalue weighted by atomic mass is 16.5. The molecule has 126 valence electrons. The Morgan fingerprint density at radius 2 is 2.04 bits per heavy atom. The van der Waals surface area contributed by atoms with Gasteiger partial charge in [-0.15, -0.1) is 0 Å². The molecule has 0 saturated carbocycles. The number of hydrogen-bond acceptors (Lipinski definition) is 5. The smallest absolute Gasteiger partial charge is 0.260 e. The Labute approximate surface area is 141 Å². The molecule has 6 heteroatoms. The minimum absolute atomic E-state index is 0.00360. The number of carbonyl (C=O) groups is 1. The number of para-hydroxylation sites is 1. The van der Waals surface area contributed by atoms with Crippen molar-refractivity contribution in [2.45, 2.75) is 6.10 Å². The number of rotatable bonds is 5. The van der Waals surface area contributed by atoms with Crippen LogP contribution in [0.4, 0.5) is 0 Å². The van der Waals surface area contributed by atoms with Crippen molar-refractivity contribution in [2.24, 2.45) is 0 Å². The van der Waals surface area contributed by atoms with Gasteiger partial charge in [-0.2, -0.15) is 0 Å². The molecule has 0 unspecified atom stereocenters. The number of pyridine rings is 1. The van der Waals surface area contributed by atoms with Crippen molar-refractivity contribution in [3.63, 3.8) is 0 Å². The van der Waals surface area contributed by atoms with E-state index in [0.717, 1.165) is 0 Å². The summed E-state index contributed by atoms with van der Waals surface area (Å²) in [5.41, 5.74) is 0. The standard InChI is InChI=1S/C18H20N2O4/c21-18(14-23-15-5-2-1-3-6-15)20-9-10-22-13-17(12-20)24-16-7-4-8-19-11-16/h1-8,11,17H,9-10,12-14H2/t17-/m1/s1. The van der Waals surface area contributed by atoms with Crippen LogP contribution in [-0.2, 0) is 9.53 Å². The van der Waals surface area contributed by atoms with Crippen LogP contribution >= 0.6 is 0 Å². The summed E-state index contributed by atoms with van der Waals surface area (Å²) in [6, 6.07) is 12.9. The number of carbonyl (C=O) groups excluding carboxylic acids is 1. The van der Waals surface area contributed by atoms with Gasteiger partial charge in [0.1, 0.15) is 17.6 Å². The van der Waals surface area contributed by atoms with Gasteiger partial charge in [0, 0.05) is 12.7 Å². The molecular formula is C18H20N2O4. The highest BCUT2D eigenvalue weighted by molar-refractivity contribution is 5.77. The molecule has 1 aromatic heterocycles. The van der Waals surface area contributed by atoms with Crippen molar-refractivity contribution in [3.8, 4) is 11.5 Å². The third-order valence-corrected chi connectivity index (χ3v) is 3.63. The second-order valence-electron chi connectivity index (χ2n) is 5.44. The zero-order valence-electron chi connectivity index (χ0n) is 13.3. The highest BCUT2D eigenvalue weighted by Crippen LogP contribution is 2.13. The van der Waals surface area contributed by atoms with Gasteiger partial charge in [-0.3, -0.25) is 9.78 Å². The second-order valence-corrected chi connectivity index (χ2v) is 5.44. The van der Waals surface area contributed by atoms with Crippen molar-refractivity contribution in [3.05, 3.63) is 54.9 Å². The fourth-order valence-corrected chi connectivity index (χ4v) is 2.44. The highest BCUT2D eigenvalue weighted by Gasteiger charge is 2.24. The lowest BCUT2D eigenvalue weighted by Crippen LogP contribution is -2.42. The quantitative estimate of drug-likeness (QED) is 0.837. The Morgan fingerprint density at radius 3 is 2.83 bits per heavy atom. The molecule has 24 heavy (non-hydrogen) atoms. The molecule has 0 aliphatic carbocycles. The van der Waals surface area contributed by atoms with Gasteiger partial charge in [0.25, 0.3) is 5.91 Å². The minimum Gasteiger partial charge on any atom is -0.485 e. The van der Waals surface area contributed by atoms with Crippen LogP contribution in [0.3, 0.4) is 0 Å². The van der Waals surface area contributed by atoms with Crippen molar-refractivity contribution >= 4 is 5.91 Å². The van der Waals surface area contributed by atoms with Gasteiger partial charge in [0.15, 0.2) is 6.61 Å². The molecule has 1 atom stereocenters. The number of ether oxygens (including phenoxy) is 3. The average molecular weight is 328 g/mol. The van der Waals surface area contributed by atoms with Crippen LogP contribution in [0.25, 0.3) is 0 Å². The SMILES string of the molecule is O=C(COc1ccccc1)N1CCOC[C@H](Oc2cccnc2)C1. The van der Waals surface area contributed by atoms with Gasteiger partial charge in [-0.05, 0) is 24.3 Å². The van der Waals surface area contributed by atoms with Gasteiger partial charge < -0.3 is 19.1 Å². The van der Waals surface area contributed by atoms with Gasteiger partial charge in [-0.25, -0.2) is 0 Å². The number of hydrogen-bond donors (Lipinski definition) is 0. The van der Waals surface area contributed by atoms with E-state index in [1.54, 1.807) is 17.3 Å². The molecule has 0 spiro atoms. The predicted octanol–water partition coefficient (Wildman–Crippen LogP) is 1.77. The topological polar surface area (TPSA) is 60.9 Å². The second kappa shape index (κ2) is 8.31. The lowest BCUT2D eigenvalue weighted by molar-refractivity contribution is -0.134. The first-order valence-corrected chi connectivity index (χ1v) is 7.91. The summed E-state index contributed by atoms with van der Waals surface area (Å²) in [5, 5.41) is 0. The van der Waals surface area contributed by atoms with E-state index in [4.69, 9.17) is 14.2 Å². The summed E-state index contributed by atoms with van der Waals surface area (Å²) >= 11 is 0. The third kappa shape index (κ3) is 4.70. The number of aromatic nitrogens is 1.